The largest absolute Gasteiger partial charge is 0.493 e. The third-order valence-electron chi connectivity index (χ3n) is 2.07. The second-order valence-corrected chi connectivity index (χ2v) is 3.42. The first kappa shape index (κ1) is 12.0. The van der Waals surface area contributed by atoms with Gasteiger partial charge in [0, 0.05) is 25.2 Å². The summed E-state index contributed by atoms with van der Waals surface area (Å²) in [5.74, 6) is 0.976. The Morgan fingerprint density at radius 2 is 2.13 bits per heavy atom. The zero-order valence-corrected chi connectivity index (χ0v) is 9.33. The van der Waals surface area contributed by atoms with Gasteiger partial charge in [0.05, 0.1) is 6.61 Å². The van der Waals surface area contributed by atoms with Crippen LogP contribution in [-0.2, 0) is 6.54 Å². The average Bonchev–Trinajstić information content (AvgIpc) is 2.28. The summed E-state index contributed by atoms with van der Waals surface area (Å²) in [5, 5.41) is 3.26. The van der Waals surface area contributed by atoms with Crippen LogP contribution in [0.25, 0.3) is 0 Å². The second-order valence-electron chi connectivity index (χ2n) is 3.42. The van der Waals surface area contributed by atoms with E-state index in [9.17, 15) is 0 Å². The van der Waals surface area contributed by atoms with Gasteiger partial charge in [0.15, 0.2) is 0 Å². The summed E-state index contributed by atoms with van der Waals surface area (Å²) in [5.41, 5.74) is 6.61. The van der Waals surface area contributed by atoms with Gasteiger partial charge in [-0.15, -0.1) is 0 Å². The molecular formula is C12H20N2O. The molecule has 0 aliphatic carbocycles. The molecule has 84 valence electrons. The molecule has 15 heavy (non-hydrogen) atoms. The molecule has 3 heteroatoms. The maximum absolute atomic E-state index is 5.65. The molecule has 0 atom stereocenters. The van der Waals surface area contributed by atoms with Crippen LogP contribution < -0.4 is 15.8 Å². The second kappa shape index (κ2) is 7.26. The van der Waals surface area contributed by atoms with E-state index in [1.54, 1.807) is 0 Å². The van der Waals surface area contributed by atoms with Crippen LogP contribution in [-0.4, -0.2) is 19.7 Å². The Morgan fingerprint density at radius 3 is 2.87 bits per heavy atom. The van der Waals surface area contributed by atoms with Gasteiger partial charge in [-0.2, -0.15) is 0 Å². The van der Waals surface area contributed by atoms with Crippen molar-refractivity contribution in [1.29, 1.82) is 0 Å². The summed E-state index contributed by atoms with van der Waals surface area (Å²) in [7, 11) is 0. The molecule has 0 amide bonds. The summed E-state index contributed by atoms with van der Waals surface area (Å²) in [6, 6.07) is 8.11. The molecule has 0 aliphatic rings. The number of hydrogen-bond acceptors (Lipinski definition) is 3. The van der Waals surface area contributed by atoms with Crippen LogP contribution in [0, 0.1) is 0 Å². The Balaban J connectivity index is 2.52. The van der Waals surface area contributed by atoms with E-state index in [2.05, 4.69) is 18.3 Å². The van der Waals surface area contributed by atoms with Crippen molar-refractivity contribution in [2.75, 3.05) is 19.7 Å². The minimum atomic E-state index is 0.665. The lowest BCUT2D eigenvalue weighted by Crippen LogP contribution is -2.22. The van der Waals surface area contributed by atoms with Crippen molar-refractivity contribution < 1.29 is 4.74 Å². The van der Waals surface area contributed by atoms with E-state index in [1.165, 1.54) is 5.56 Å². The zero-order chi connectivity index (χ0) is 10.9. The minimum absolute atomic E-state index is 0.665. The zero-order valence-electron chi connectivity index (χ0n) is 9.33. The Labute approximate surface area is 91.6 Å². The van der Waals surface area contributed by atoms with Gasteiger partial charge in [-0.1, -0.05) is 25.1 Å². The molecular weight excluding hydrogens is 188 g/mol. The van der Waals surface area contributed by atoms with Crippen molar-refractivity contribution in [2.45, 2.75) is 19.9 Å². The van der Waals surface area contributed by atoms with Crippen LogP contribution in [0.1, 0.15) is 18.9 Å². The van der Waals surface area contributed by atoms with Crippen molar-refractivity contribution in [1.82, 2.24) is 5.32 Å². The van der Waals surface area contributed by atoms with Crippen LogP contribution in [0.4, 0.5) is 0 Å². The highest BCUT2D eigenvalue weighted by molar-refractivity contribution is 5.33. The Kier molecular flexibility index (Phi) is 5.81. The van der Waals surface area contributed by atoms with E-state index in [0.717, 1.165) is 31.9 Å². The summed E-state index contributed by atoms with van der Waals surface area (Å²) < 4.78 is 5.65. The van der Waals surface area contributed by atoms with Gasteiger partial charge in [-0.3, -0.25) is 0 Å². The monoisotopic (exact) mass is 208 g/mol. The van der Waals surface area contributed by atoms with E-state index in [-0.39, 0.29) is 0 Å². The normalized spacial score (nSPS) is 10.3. The topological polar surface area (TPSA) is 47.3 Å². The molecule has 0 heterocycles. The average molecular weight is 208 g/mol. The molecule has 0 saturated carbocycles. The van der Waals surface area contributed by atoms with Crippen LogP contribution in [0.15, 0.2) is 24.3 Å². The van der Waals surface area contributed by atoms with Crippen molar-refractivity contribution in [3.05, 3.63) is 29.8 Å². The number of hydrogen-bond donors (Lipinski definition) is 2. The standard InChI is InChI=1S/C12H20N2O/c1-2-9-15-12-6-4-3-5-11(12)10-14-8-7-13/h3-6,14H,2,7-10,13H2,1H3. The lowest BCUT2D eigenvalue weighted by molar-refractivity contribution is 0.313. The van der Waals surface area contributed by atoms with Crippen molar-refractivity contribution in [2.24, 2.45) is 5.73 Å². The van der Waals surface area contributed by atoms with Gasteiger partial charge in [-0.25, -0.2) is 0 Å². The first-order chi connectivity index (χ1) is 7.38. The third-order valence-corrected chi connectivity index (χ3v) is 2.07. The van der Waals surface area contributed by atoms with E-state index < -0.39 is 0 Å². The van der Waals surface area contributed by atoms with Crippen LogP contribution in [0.5, 0.6) is 5.75 Å². The number of ether oxygens (including phenoxy) is 1. The van der Waals surface area contributed by atoms with Crippen molar-refractivity contribution >= 4 is 0 Å². The van der Waals surface area contributed by atoms with Gasteiger partial charge in [0.25, 0.3) is 0 Å². The van der Waals surface area contributed by atoms with Gasteiger partial charge in [-0.05, 0) is 12.5 Å². The predicted octanol–water partition coefficient (Wildman–Crippen LogP) is 1.52. The lowest BCUT2D eigenvalue weighted by Gasteiger charge is -2.11. The quantitative estimate of drug-likeness (QED) is 0.668. The smallest absolute Gasteiger partial charge is 0.123 e. The first-order valence-corrected chi connectivity index (χ1v) is 5.50. The van der Waals surface area contributed by atoms with Crippen LogP contribution in [0.3, 0.4) is 0 Å². The number of nitrogens with one attached hydrogen (secondary N) is 1. The summed E-state index contributed by atoms with van der Waals surface area (Å²) in [6.07, 6.45) is 1.03. The van der Waals surface area contributed by atoms with Crippen LogP contribution >= 0.6 is 0 Å². The van der Waals surface area contributed by atoms with Gasteiger partial charge >= 0.3 is 0 Å². The molecule has 0 fully saturated rings. The molecule has 0 radical (unpaired) electrons. The fraction of sp³-hybridized carbons (Fsp3) is 0.500. The predicted molar refractivity (Wildman–Crippen MR) is 63.0 cm³/mol. The van der Waals surface area contributed by atoms with Gasteiger partial charge < -0.3 is 15.8 Å². The molecule has 3 N–H and O–H groups in total. The Morgan fingerprint density at radius 1 is 1.33 bits per heavy atom. The molecule has 0 aliphatic heterocycles. The Bertz CT molecular complexity index is 276. The number of rotatable bonds is 7. The van der Waals surface area contributed by atoms with Crippen LogP contribution in [0.2, 0.25) is 0 Å². The SMILES string of the molecule is CCCOc1ccccc1CNCCN. The molecule has 0 aromatic heterocycles. The molecule has 1 aromatic carbocycles. The fourth-order valence-electron chi connectivity index (χ4n) is 1.33. The number of nitrogens with two attached hydrogens (primary N) is 1. The van der Waals surface area contributed by atoms with Crippen molar-refractivity contribution in [3.8, 4) is 5.75 Å². The van der Waals surface area contributed by atoms with Crippen molar-refractivity contribution in [3.63, 3.8) is 0 Å². The molecule has 0 bridgehead atoms. The molecule has 0 spiro atoms. The summed E-state index contributed by atoms with van der Waals surface area (Å²) in [4.78, 5) is 0. The highest BCUT2D eigenvalue weighted by Gasteiger charge is 2.01. The summed E-state index contributed by atoms with van der Waals surface area (Å²) >= 11 is 0. The first-order valence-electron chi connectivity index (χ1n) is 5.50. The maximum atomic E-state index is 5.65. The van der Waals surface area contributed by atoms with E-state index in [4.69, 9.17) is 10.5 Å². The lowest BCUT2D eigenvalue weighted by atomic mass is 10.2. The molecule has 0 unspecified atom stereocenters. The van der Waals surface area contributed by atoms with E-state index in [1.807, 2.05) is 18.2 Å². The minimum Gasteiger partial charge on any atom is -0.493 e. The number of para-hydroxylation sites is 1. The Hall–Kier alpha value is -1.06. The highest BCUT2D eigenvalue weighted by atomic mass is 16.5. The maximum Gasteiger partial charge on any atom is 0.123 e. The highest BCUT2D eigenvalue weighted by Crippen LogP contribution is 2.17. The molecule has 1 rings (SSSR count). The van der Waals surface area contributed by atoms with Gasteiger partial charge in [0.2, 0.25) is 0 Å². The van der Waals surface area contributed by atoms with E-state index in [0.29, 0.717) is 6.54 Å². The molecule has 3 nitrogen and oxygen atoms in total. The fourth-order valence-corrected chi connectivity index (χ4v) is 1.33. The number of benzene rings is 1. The van der Waals surface area contributed by atoms with Gasteiger partial charge in [0.1, 0.15) is 5.75 Å². The molecule has 1 aromatic rings. The van der Waals surface area contributed by atoms with E-state index >= 15 is 0 Å². The third kappa shape index (κ3) is 4.32. The summed E-state index contributed by atoms with van der Waals surface area (Å²) in [6.45, 7) is 5.19. The molecule has 0 saturated heterocycles.